The standard InChI is InChI=1S/C18H30.C17H28.2C15H24.C13H20.3C11H16.C10H14/c1-12(2)11-16-9-8-10-17(15(7)13(3)4)18(16)14(5)6;1-12(2)13-9-14(16(3,4)5)11-15(10-13)17(6,7)8;1-10(2)13-7-14(11(3)4)9-15(8-13)12(5)6;1-10(2)13-8-7-9-14(11(3)4)15(13)12(5)6;1-5-11-8-7-9-12(6-2)13(11)10(3)4;2*1-8(2)11-6-9(3)5-10(4)7-11;1-8(2)11-7-9(3)5-6-10(11)4;1-8(2)10-6-4-9(3)5-7-10/h8-10,12-15H,11H2,1-7H3;9-12H,1-8H3;2*7-12H,1-6H3;7-10H,5-6H2,1-4H3;3*5-8H,1-4H3;4-8H,1-3H3. The van der Waals surface area contributed by atoms with Crippen LogP contribution in [0, 0.1) is 60.3 Å². The third-order valence-corrected chi connectivity index (χ3v) is 23.5. The maximum atomic E-state index is 2.38. The molecule has 0 fully saturated rings. The number of hydrogen-bond acceptors (Lipinski definition) is 0. The third-order valence-electron chi connectivity index (χ3n) is 23.5. The predicted octanol–water partition coefficient (Wildman–Crippen LogP) is 38.6. The average molecular weight is 1640 g/mol. The lowest BCUT2D eigenvalue weighted by Gasteiger charge is -2.27. The summed E-state index contributed by atoms with van der Waals surface area (Å²) in [5, 5.41) is 0. The first-order valence-electron chi connectivity index (χ1n) is 47.9. The zero-order valence-corrected chi connectivity index (χ0v) is 87.5. The van der Waals surface area contributed by atoms with E-state index in [0.717, 1.165) is 18.8 Å². The molecule has 1 atom stereocenters. The molecule has 0 saturated heterocycles. The molecule has 0 aromatic heterocycles. The van der Waals surface area contributed by atoms with Crippen LogP contribution in [-0.2, 0) is 30.1 Å². The van der Waals surface area contributed by atoms with Crippen LogP contribution in [0.25, 0.3) is 0 Å². The minimum absolute atomic E-state index is 0.227. The molecule has 0 nitrogen and oxygen atoms in total. The van der Waals surface area contributed by atoms with E-state index >= 15 is 0 Å². The van der Waals surface area contributed by atoms with Crippen LogP contribution in [0.2, 0.25) is 0 Å². The summed E-state index contributed by atoms with van der Waals surface area (Å²) in [6, 6.07) is 63.4. The van der Waals surface area contributed by atoms with Crippen molar-refractivity contribution in [3.63, 3.8) is 0 Å². The van der Waals surface area contributed by atoms with Crippen molar-refractivity contribution in [2.45, 2.75) is 431 Å². The molecular weight excluding hydrogens is 1450 g/mol. The predicted molar refractivity (Wildman–Crippen MR) is 552 cm³/mol. The average Bonchev–Trinajstić information content (AvgIpc) is 0.804. The lowest BCUT2D eigenvalue weighted by atomic mass is 9.78. The van der Waals surface area contributed by atoms with Crippen molar-refractivity contribution in [3.8, 4) is 0 Å². The van der Waals surface area contributed by atoms with Gasteiger partial charge in [-0.2, -0.15) is 0 Å². The smallest absolute Gasteiger partial charge is 0.0132 e. The fourth-order valence-electron chi connectivity index (χ4n) is 15.6. The molecule has 0 aliphatic carbocycles. The van der Waals surface area contributed by atoms with Crippen molar-refractivity contribution < 1.29 is 0 Å². The van der Waals surface area contributed by atoms with Crippen molar-refractivity contribution in [1.82, 2.24) is 0 Å². The van der Waals surface area contributed by atoms with E-state index in [2.05, 4.69) is 488 Å². The molecule has 0 amide bonds. The van der Waals surface area contributed by atoms with Gasteiger partial charge in [-0.1, -0.05) is 473 Å². The van der Waals surface area contributed by atoms with Gasteiger partial charge in [-0.05, 0) is 285 Å². The van der Waals surface area contributed by atoms with Crippen molar-refractivity contribution in [2.24, 2.45) is 11.8 Å². The zero-order chi connectivity index (χ0) is 93.2. The largest absolute Gasteiger partial charge is 0.0625 e. The Bertz CT molecular complexity index is 4140. The Balaban J connectivity index is 0.000000685. The molecule has 0 spiro atoms. The van der Waals surface area contributed by atoms with E-state index in [0.29, 0.717) is 88.8 Å². The highest BCUT2D eigenvalue weighted by Gasteiger charge is 2.23. The van der Waals surface area contributed by atoms with Gasteiger partial charge >= 0.3 is 0 Å². The Labute approximate surface area is 752 Å². The fourth-order valence-corrected chi connectivity index (χ4v) is 15.6. The fraction of sp³-hybridized carbons (Fsp3) is 0.554. The van der Waals surface area contributed by atoms with Gasteiger partial charge in [-0.3, -0.25) is 0 Å². The summed E-state index contributed by atoms with van der Waals surface area (Å²) in [5.74, 6) is 10.3. The second-order valence-electron chi connectivity index (χ2n) is 42.5. The second kappa shape index (κ2) is 54.0. The first kappa shape index (κ1) is 112. The molecule has 121 heavy (non-hydrogen) atoms. The monoisotopic (exact) mass is 1640 g/mol. The lowest BCUT2D eigenvalue weighted by Crippen LogP contribution is -2.17. The summed E-state index contributed by atoms with van der Waals surface area (Å²) in [4.78, 5) is 0. The molecule has 672 valence electrons. The normalized spacial score (nSPS) is 11.7. The molecule has 9 aromatic carbocycles. The summed E-state index contributed by atoms with van der Waals surface area (Å²) >= 11 is 0. The molecule has 9 rings (SSSR count). The topological polar surface area (TPSA) is 0 Å². The quantitative estimate of drug-likeness (QED) is 0.0757. The number of benzene rings is 9. The Kier molecular flexibility index (Phi) is 50.0. The highest BCUT2D eigenvalue weighted by atomic mass is 14.3. The highest BCUT2D eigenvalue weighted by Crippen LogP contribution is 2.38. The molecule has 0 heteroatoms. The molecule has 0 radical (unpaired) electrons. The Hall–Kier alpha value is -7.02. The SMILES string of the molecule is CC(C)Cc1cccc(C(C)C(C)C)c1C(C)C.CC(C)c1cc(C(C)(C)C)cc(C(C)(C)C)c1.CC(C)c1cc(C(C)C)cc(C(C)C)c1.CC(C)c1cccc(C(C)C)c1C(C)C.CCc1cccc(CC)c1C(C)C.Cc1cc(C)cc(C(C)C)c1.Cc1cc(C)cc(C(C)C)c1.Cc1ccc(C(C)C)cc1.Cc1ccc(C)c(C(C)C)c1. The van der Waals surface area contributed by atoms with Crippen LogP contribution in [0.1, 0.15) is 498 Å². The van der Waals surface area contributed by atoms with Crippen LogP contribution in [0.3, 0.4) is 0 Å². The summed E-state index contributed by atoms with van der Waals surface area (Å²) in [6.07, 6.45) is 3.51. The van der Waals surface area contributed by atoms with Crippen molar-refractivity contribution in [1.29, 1.82) is 0 Å². The van der Waals surface area contributed by atoms with E-state index in [1.165, 1.54) is 123 Å². The molecule has 0 saturated carbocycles. The van der Waals surface area contributed by atoms with E-state index in [1.54, 1.807) is 27.8 Å². The van der Waals surface area contributed by atoms with E-state index in [4.69, 9.17) is 0 Å². The molecular formula is C121H188. The Morgan fingerprint density at radius 1 is 0.223 bits per heavy atom. The molecule has 0 bridgehead atoms. The molecule has 9 aromatic rings. The molecule has 0 aliphatic heterocycles. The summed E-state index contributed by atoms with van der Waals surface area (Å²) in [5.41, 5.74) is 38.6. The number of aryl methyl sites for hydroxylation is 9. The number of hydrogen-bond donors (Lipinski definition) is 0. The number of rotatable bonds is 19. The van der Waals surface area contributed by atoms with Gasteiger partial charge in [-0.25, -0.2) is 0 Å². The van der Waals surface area contributed by atoms with E-state index in [-0.39, 0.29) is 10.8 Å². The van der Waals surface area contributed by atoms with E-state index < -0.39 is 0 Å². The van der Waals surface area contributed by atoms with Gasteiger partial charge in [0.25, 0.3) is 0 Å². The highest BCUT2D eigenvalue weighted by molar-refractivity contribution is 5.44. The van der Waals surface area contributed by atoms with Crippen LogP contribution in [0.15, 0.2) is 170 Å². The van der Waals surface area contributed by atoms with Gasteiger partial charge in [0.05, 0.1) is 0 Å². The Morgan fingerprint density at radius 2 is 0.521 bits per heavy atom. The molecule has 0 heterocycles. The van der Waals surface area contributed by atoms with Crippen LogP contribution in [0.5, 0.6) is 0 Å². The van der Waals surface area contributed by atoms with Gasteiger partial charge in [0, 0.05) is 0 Å². The molecule has 0 N–H and O–H groups in total. The van der Waals surface area contributed by atoms with Crippen LogP contribution < -0.4 is 0 Å². The van der Waals surface area contributed by atoms with Gasteiger partial charge in [0.1, 0.15) is 0 Å². The van der Waals surface area contributed by atoms with Crippen LogP contribution in [0.4, 0.5) is 0 Å². The van der Waals surface area contributed by atoms with Gasteiger partial charge in [-0.15, -0.1) is 0 Å². The van der Waals surface area contributed by atoms with Crippen molar-refractivity contribution >= 4 is 0 Å². The van der Waals surface area contributed by atoms with Crippen molar-refractivity contribution in [2.75, 3.05) is 0 Å². The van der Waals surface area contributed by atoms with Crippen LogP contribution >= 0.6 is 0 Å². The first-order chi connectivity index (χ1) is 55.9. The first-order valence-corrected chi connectivity index (χ1v) is 47.9. The molecule has 0 aliphatic rings. The minimum Gasteiger partial charge on any atom is -0.0625 e. The van der Waals surface area contributed by atoms with E-state index in [9.17, 15) is 0 Å². The minimum atomic E-state index is 0.227. The summed E-state index contributed by atoms with van der Waals surface area (Å²) in [6.45, 7) is 104. The molecule has 1 unspecified atom stereocenters. The summed E-state index contributed by atoms with van der Waals surface area (Å²) in [7, 11) is 0. The van der Waals surface area contributed by atoms with Gasteiger partial charge in [0.15, 0.2) is 0 Å². The maximum Gasteiger partial charge on any atom is -0.0132 e. The van der Waals surface area contributed by atoms with Gasteiger partial charge in [0.2, 0.25) is 0 Å². The second-order valence-corrected chi connectivity index (χ2v) is 42.5. The van der Waals surface area contributed by atoms with E-state index in [1.807, 2.05) is 0 Å². The van der Waals surface area contributed by atoms with Crippen molar-refractivity contribution in [3.05, 3.63) is 315 Å². The lowest BCUT2D eigenvalue weighted by molar-refractivity contribution is 0.526. The maximum absolute atomic E-state index is 2.38. The Morgan fingerprint density at radius 3 is 0.810 bits per heavy atom. The van der Waals surface area contributed by atoms with Crippen LogP contribution in [-0.4, -0.2) is 0 Å². The van der Waals surface area contributed by atoms with Gasteiger partial charge < -0.3 is 0 Å². The summed E-state index contributed by atoms with van der Waals surface area (Å²) < 4.78 is 0. The zero-order valence-electron chi connectivity index (χ0n) is 87.5. The third kappa shape index (κ3) is 40.2.